The fourth-order valence-electron chi connectivity index (χ4n) is 2.72. The van der Waals surface area contributed by atoms with Crippen molar-refractivity contribution >= 4 is 35.0 Å². The summed E-state index contributed by atoms with van der Waals surface area (Å²) in [5.41, 5.74) is 4.55. The Balaban J connectivity index is 1.54. The van der Waals surface area contributed by atoms with Crippen molar-refractivity contribution in [1.29, 1.82) is 0 Å². The molecule has 2 aromatic rings. The molecule has 3 rings (SSSR count). The molecule has 1 aliphatic carbocycles. The number of hydrogen-bond donors (Lipinski definition) is 3. The molecule has 1 aliphatic rings. The first-order valence-corrected chi connectivity index (χ1v) is 9.76. The van der Waals surface area contributed by atoms with Gasteiger partial charge in [0.2, 0.25) is 11.1 Å². The van der Waals surface area contributed by atoms with Gasteiger partial charge in [0.05, 0.1) is 20.0 Å². The molecule has 1 aromatic heterocycles. The van der Waals surface area contributed by atoms with Crippen LogP contribution in [-0.4, -0.2) is 46.5 Å². The van der Waals surface area contributed by atoms with E-state index in [4.69, 9.17) is 15.3 Å². The van der Waals surface area contributed by atoms with E-state index in [1.807, 2.05) is 0 Å². The summed E-state index contributed by atoms with van der Waals surface area (Å²) in [6.07, 6.45) is 4.30. The van der Waals surface area contributed by atoms with Gasteiger partial charge in [-0.25, -0.2) is 10.1 Å². The van der Waals surface area contributed by atoms with E-state index in [0.717, 1.165) is 31.4 Å². The number of nitrogens with two attached hydrogens (primary N) is 1. The highest BCUT2D eigenvalue weighted by atomic mass is 32.2. The van der Waals surface area contributed by atoms with E-state index in [1.165, 1.54) is 23.5 Å². The van der Waals surface area contributed by atoms with Gasteiger partial charge in [-0.1, -0.05) is 11.8 Å². The molecule has 4 N–H and O–H groups in total. The number of benzene rings is 1. The highest BCUT2D eigenvalue weighted by Gasteiger charge is 2.14. The molecule has 28 heavy (non-hydrogen) atoms. The molecule has 0 saturated heterocycles. The van der Waals surface area contributed by atoms with Crippen LogP contribution in [0.4, 0.5) is 11.6 Å². The van der Waals surface area contributed by atoms with Gasteiger partial charge >= 0.3 is 0 Å². The average Bonchev–Trinajstić information content (AvgIpc) is 3.34. The van der Waals surface area contributed by atoms with Crippen molar-refractivity contribution in [3.05, 3.63) is 18.2 Å². The molecule has 0 aliphatic heterocycles. The number of aromatic nitrogens is 3. The van der Waals surface area contributed by atoms with Crippen LogP contribution < -0.4 is 26.1 Å². The second kappa shape index (κ2) is 9.31. The highest BCUT2D eigenvalue weighted by molar-refractivity contribution is 7.99. The van der Waals surface area contributed by atoms with Crippen LogP contribution in [0.15, 0.2) is 28.5 Å². The maximum Gasteiger partial charge on any atom is 0.264 e. The van der Waals surface area contributed by atoms with Gasteiger partial charge in [0.25, 0.3) is 5.95 Å². The second-order valence-electron chi connectivity index (χ2n) is 6.08. The number of amides is 1. The van der Waals surface area contributed by atoms with E-state index in [0.29, 0.717) is 28.3 Å². The minimum atomic E-state index is -0.207. The summed E-state index contributed by atoms with van der Waals surface area (Å²) in [6, 6.07) is 5.15. The number of anilines is 2. The maximum atomic E-state index is 12.2. The van der Waals surface area contributed by atoms with Crippen molar-refractivity contribution in [3.63, 3.8) is 0 Å². The van der Waals surface area contributed by atoms with Crippen molar-refractivity contribution in [2.75, 3.05) is 36.6 Å². The molecule has 0 radical (unpaired) electrons. The standard InChI is InChI=1S/C17H23N7O3S/c1-26-13-8-7-12(9-14(13)27-2)19-15(25)10-28-17-23-22-16(24(17)18)21-20-11-5-3-4-6-11/h7-9H,3-6,10,18H2,1-2H3,(H,19,25)(H,21,22). The van der Waals surface area contributed by atoms with E-state index in [9.17, 15) is 4.79 Å². The molecule has 10 nitrogen and oxygen atoms in total. The lowest BCUT2D eigenvalue weighted by Crippen LogP contribution is -2.17. The van der Waals surface area contributed by atoms with Gasteiger partial charge in [-0.15, -0.1) is 10.2 Å². The largest absolute Gasteiger partial charge is 0.493 e. The third kappa shape index (κ3) is 4.85. The minimum absolute atomic E-state index is 0.123. The molecular weight excluding hydrogens is 382 g/mol. The van der Waals surface area contributed by atoms with Crippen molar-refractivity contribution in [2.45, 2.75) is 30.8 Å². The Labute approximate surface area is 166 Å². The van der Waals surface area contributed by atoms with Gasteiger partial charge in [-0.2, -0.15) is 5.10 Å². The Kier molecular flexibility index (Phi) is 6.58. The maximum absolute atomic E-state index is 12.2. The van der Waals surface area contributed by atoms with E-state index >= 15 is 0 Å². The van der Waals surface area contributed by atoms with Gasteiger partial charge in [0.15, 0.2) is 11.5 Å². The first kappa shape index (κ1) is 19.8. The molecule has 1 fully saturated rings. The molecule has 11 heteroatoms. The van der Waals surface area contributed by atoms with Crippen LogP contribution in [0.1, 0.15) is 25.7 Å². The molecule has 1 aromatic carbocycles. The summed E-state index contributed by atoms with van der Waals surface area (Å²) in [5.74, 6) is 7.35. The summed E-state index contributed by atoms with van der Waals surface area (Å²) in [4.78, 5) is 12.2. The number of rotatable bonds is 8. The Morgan fingerprint density at radius 2 is 2.00 bits per heavy atom. The third-order valence-corrected chi connectivity index (χ3v) is 5.10. The molecule has 150 valence electrons. The van der Waals surface area contributed by atoms with Gasteiger partial charge in [-0.3, -0.25) is 4.79 Å². The Morgan fingerprint density at radius 3 is 2.71 bits per heavy atom. The lowest BCUT2D eigenvalue weighted by Gasteiger charge is -2.10. The van der Waals surface area contributed by atoms with Crippen molar-refractivity contribution in [1.82, 2.24) is 14.9 Å². The number of hydrazone groups is 1. The molecule has 1 heterocycles. The van der Waals surface area contributed by atoms with Gasteiger partial charge in [0, 0.05) is 17.5 Å². The number of ether oxygens (including phenoxy) is 2. The average molecular weight is 405 g/mol. The predicted octanol–water partition coefficient (Wildman–Crippen LogP) is 2.08. The van der Waals surface area contributed by atoms with Gasteiger partial charge in [-0.05, 0) is 37.8 Å². The van der Waals surface area contributed by atoms with E-state index in [-0.39, 0.29) is 11.7 Å². The van der Waals surface area contributed by atoms with Gasteiger partial charge < -0.3 is 20.6 Å². The predicted molar refractivity (Wildman–Crippen MR) is 109 cm³/mol. The number of nitrogen functional groups attached to an aromatic ring is 1. The number of nitrogens with zero attached hydrogens (tertiary/aromatic N) is 4. The lowest BCUT2D eigenvalue weighted by atomic mass is 10.2. The molecule has 1 amide bonds. The zero-order valence-corrected chi connectivity index (χ0v) is 16.6. The van der Waals surface area contributed by atoms with Crippen LogP contribution >= 0.6 is 11.8 Å². The number of carbonyl (C=O) groups is 1. The van der Waals surface area contributed by atoms with E-state index in [2.05, 4.69) is 26.0 Å². The second-order valence-corrected chi connectivity index (χ2v) is 7.02. The number of carbonyl (C=O) groups excluding carboxylic acids is 1. The molecule has 0 atom stereocenters. The fourth-order valence-corrected chi connectivity index (χ4v) is 3.37. The minimum Gasteiger partial charge on any atom is -0.493 e. The van der Waals surface area contributed by atoms with Crippen LogP contribution in [0.5, 0.6) is 11.5 Å². The zero-order chi connectivity index (χ0) is 19.9. The number of hydrogen-bond acceptors (Lipinski definition) is 9. The Bertz CT molecular complexity index is 860. The number of nitrogens with one attached hydrogen (secondary N) is 2. The summed E-state index contributed by atoms with van der Waals surface area (Å²) in [5, 5.41) is 15.5. The van der Waals surface area contributed by atoms with Crippen LogP contribution in [0.2, 0.25) is 0 Å². The van der Waals surface area contributed by atoms with Crippen molar-refractivity contribution < 1.29 is 14.3 Å². The first-order valence-electron chi connectivity index (χ1n) is 8.77. The van der Waals surface area contributed by atoms with Crippen LogP contribution in [-0.2, 0) is 4.79 Å². The zero-order valence-electron chi connectivity index (χ0n) is 15.8. The summed E-state index contributed by atoms with van der Waals surface area (Å²) in [6.45, 7) is 0. The van der Waals surface area contributed by atoms with Crippen LogP contribution in [0.3, 0.4) is 0 Å². The van der Waals surface area contributed by atoms with Crippen LogP contribution in [0.25, 0.3) is 0 Å². The summed E-state index contributed by atoms with van der Waals surface area (Å²) >= 11 is 1.18. The van der Waals surface area contributed by atoms with Gasteiger partial charge in [0.1, 0.15) is 0 Å². The fraction of sp³-hybridized carbons (Fsp3) is 0.412. The Morgan fingerprint density at radius 1 is 1.25 bits per heavy atom. The monoisotopic (exact) mass is 405 g/mol. The van der Waals surface area contributed by atoms with Crippen molar-refractivity contribution in [3.8, 4) is 11.5 Å². The first-order chi connectivity index (χ1) is 13.6. The summed E-state index contributed by atoms with van der Waals surface area (Å²) < 4.78 is 11.7. The lowest BCUT2D eigenvalue weighted by molar-refractivity contribution is -0.113. The number of thioether (sulfide) groups is 1. The SMILES string of the molecule is COc1ccc(NC(=O)CSc2nnc(NN=C3CCCC3)n2N)cc1OC. The normalized spacial score (nSPS) is 13.3. The third-order valence-electron chi connectivity index (χ3n) is 4.16. The van der Waals surface area contributed by atoms with E-state index in [1.54, 1.807) is 25.3 Å². The smallest absolute Gasteiger partial charge is 0.264 e. The van der Waals surface area contributed by atoms with Crippen LogP contribution in [0, 0.1) is 0 Å². The van der Waals surface area contributed by atoms with E-state index < -0.39 is 0 Å². The number of methoxy groups -OCH3 is 2. The van der Waals surface area contributed by atoms with Crippen molar-refractivity contribution in [2.24, 2.45) is 5.10 Å². The molecule has 0 spiro atoms. The molecular formula is C17H23N7O3S. The molecule has 1 saturated carbocycles. The molecule has 0 unspecified atom stereocenters. The quantitative estimate of drug-likeness (QED) is 0.346. The molecule has 0 bridgehead atoms. The summed E-state index contributed by atoms with van der Waals surface area (Å²) in [7, 11) is 3.09. The Hall–Kier alpha value is -2.95. The highest BCUT2D eigenvalue weighted by Crippen LogP contribution is 2.30. The topological polar surface area (TPSA) is 129 Å².